The fourth-order valence-corrected chi connectivity index (χ4v) is 4.76. The molecule has 0 aliphatic carbocycles. The van der Waals surface area contributed by atoms with Gasteiger partial charge in [-0.25, -0.2) is 4.90 Å². The van der Waals surface area contributed by atoms with E-state index in [1.54, 1.807) is 49.4 Å². The van der Waals surface area contributed by atoms with Crippen molar-refractivity contribution < 1.29 is 23.9 Å². The molecule has 37 heavy (non-hydrogen) atoms. The fourth-order valence-electron chi connectivity index (χ4n) is 4.76. The zero-order valence-corrected chi connectivity index (χ0v) is 20.7. The average molecular weight is 498 g/mol. The normalized spacial score (nSPS) is 14.6. The summed E-state index contributed by atoms with van der Waals surface area (Å²) in [6.45, 7) is 5.67. The highest BCUT2D eigenvalue weighted by Gasteiger charge is 2.37. The van der Waals surface area contributed by atoms with Crippen LogP contribution in [0.5, 0.6) is 5.75 Å². The van der Waals surface area contributed by atoms with Crippen molar-refractivity contribution in [3.8, 4) is 5.75 Å². The monoisotopic (exact) mass is 497 g/mol. The molecule has 0 atom stereocenters. The lowest BCUT2D eigenvalue weighted by Gasteiger charge is -2.18. The number of anilines is 2. The smallest absolute Gasteiger partial charge is 0.266 e. The predicted molar refractivity (Wildman–Crippen MR) is 139 cm³/mol. The topological polar surface area (TPSA) is 96.0 Å². The minimum atomic E-state index is -0.492. The number of nitrogens with zero attached hydrogens (tertiary/aromatic N) is 2. The first kappa shape index (κ1) is 24.2. The number of fused-ring (bicyclic) bond motifs is 1. The summed E-state index contributed by atoms with van der Waals surface area (Å²) in [5.41, 5.74) is 2.84. The van der Waals surface area contributed by atoms with E-state index in [2.05, 4.69) is 5.32 Å². The summed E-state index contributed by atoms with van der Waals surface area (Å²) < 4.78 is 5.43. The van der Waals surface area contributed by atoms with Crippen LogP contribution in [-0.2, 0) is 0 Å². The quantitative estimate of drug-likeness (QED) is 0.499. The molecule has 1 saturated heterocycles. The Morgan fingerprint density at radius 3 is 2.32 bits per heavy atom. The molecule has 8 heteroatoms. The lowest BCUT2D eigenvalue weighted by molar-refractivity contribution is 0.0791. The number of carbonyl (C=O) groups excluding carboxylic acids is 4. The molecule has 2 heterocycles. The largest absolute Gasteiger partial charge is 0.494 e. The Morgan fingerprint density at radius 2 is 1.62 bits per heavy atom. The third-order valence-electron chi connectivity index (χ3n) is 6.76. The number of rotatable bonds is 6. The Kier molecular flexibility index (Phi) is 6.48. The second-order valence-corrected chi connectivity index (χ2v) is 9.06. The maximum absolute atomic E-state index is 13.2. The van der Waals surface area contributed by atoms with Gasteiger partial charge in [0.15, 0.2) is 0 Å². The summed E-state index contributed by atoms with van der Waals surface area (Å²) in [7, 11) is 0. The number of carbonyl (C=O) groups is 4. The summed E-state index contributed by atoms with van der Waals surface area (Å²) in [6.07, 6.45) is 1.99. The Bertz CT molecular complexity index is 1410. The van der Waals surface area contributed by atoms with Gasteiger partial charge in [0.05, 0.1) is 23.4 Å². The summed E-state index contributed by atoms with van der Waals surface area (Å²) in [5.74, 6) is -0.768. The Balaban J connectivity index is 1.36. The number of amides is 4. The van der Waals surface area contributed by atoms with Crippen LogP contribution in [0.3, 0.4) is 0 Å². The van der Waals surface area contributed by atoms with Crippen LogP contribution in [-0.4, -0.2) is 48.2 Å². The van der Waals surface area contributed by atoms with Crippen molar-refractivity contribution in [3.63, 3.8) is 0 Å². The van der Waals surface area contributed by atoms with E-state index in [0.717, 1.165) is 30.8 Å². The third-order valence-corrected chi connectivity index (χ3v) is 6.76. The van der Waals surface area contributed by atoms with E-state index in [9.17, 15) is 19.2 Å². The van der Waals surface area contributed by atoms with Crippen molar-refractivity contribution in [3.05, 3.63) is 88.5 Å². The molecule has 4 amide bonds. The summed E-state index contributed by atoms with van der Waals surface area (Å²) in [5, 5.41) is 2.86. The minimum Gasteiger partial charge on any atom is -0.494 e. The first-order valence-electron chi connectivity index (χ1n) is 12.3. The highest BCUT2D eigenvalue weighted by Crippen LogP contribution is 2.31. The SMILES string of the molecule is CCOc1ccc(N2C(=O)c3ccc(C(=O)Nc4cccc(C(=O)N5CCCC5)c4C)cc3C2=O)cc1. The number of benzene rings is 3. The van der Waals surface area contributed by atoms with Gasteiger partial charge in [0.2, 0.25) is 0 Å². The zero-order valence-electron chi connectivity index (χ0n) is 20.7. The van der Waals surface area contributed by atoms with E-state index in [-0.39, 0.29) is 22.6 Å². The molecule has 2 aliphatic heterocycles. The van der Waals surface area contributed by atoms with Gasteiger partial charge in [0.1, 0.15) is 5.75 Å². The fraction of sp³-hybridized carbons (Fsp3) is 0.241. The molecule has 1 fully saturated rings. The van der Waals surface area contributed by atoms with Gasteiger partial charge in [0, 0.05) is 29.9 Å². The molecule has 3 aromatic carbocycles. The van der Waals surface area contributed by atoms with Crippen LogP contribution in [0, 0.1) is 6.92 Å². The van der Waals surface area contributed by atoms with E-state index in [1.165, 1.54) is 18.2 Å². The Labute approximate surface area is 214 Å². The highest BCUT2D eigenvalue weighted by molar-refractivity contribution is 6.34. The second-order valence-electron chi connectivity index (χ2n) is 9.06. The first-order chi connectivity index (χ1) is 17.9. The maximum Gasteiger partial charge on any atom is 0.266 e. The lowest BCUT2D eigenvalue weighted by atomic mass is 10.0. The summed E-state index contributed by atoms with van der Waals surface area (Å²) in [4.78, 5) is 55.1. The molecule has 1 N–H and O–H groups in total. The first-order valence-corrected chi connectivity index (χ1v) is 12.3. The van der Waals surface area contributed by atoms with Gasteiger partial charge in [-0.15, -0.1) is 0 Å². The van der Waals surface area contributed by atoms with Gasteiger partial charge < -0.3 is 15.0 Å². The Hall–Kier alpha value is -4.46. The zero-order chi connectivity index (χ0) is 26.1. The number of nitrogens with one attached hydrogen (secondary N) is 1. The van der Waals surface area contributed by atoms with Gasteiger partial charge in [-0.2, -0.15) is 0 Å². The van der Waals surface area contributed by atoms with Crippen LogP contribution < -0.4 is 15.0 Å². The standard InChI is InChI=1S/C29H27N3O5/c1-3-37-21-12-10-20(11-13-21)32-28(35)23-14-9-19(17-24(23)29(32)36)26(33)30-25-8-6-7-22(18(25)2)27(34)31-15-4-5-16-31/h6-14,17H,3-5,15-16H2,1-2H3,(H,30,33). The van der Waals surface area contributed by atoms with E-state index < -0.39 is 17.7 Å². The predicted octanol–water partition coefficient (Wildman–Crippen LogP) is 4.68. The van der Waals surface area contributed by atoms with E-state index >= 15 is 0 Å². The van der Waals surface area contributed by atoms with Crippen LogP contribution in [0.1, 0.15) is 66.8 Å². The molecular weight excluding hydrogens is 470 g/mol. The number of ether oxygens (including phenoxy) is 1. The molecule has 0 unspecified atom stereocenters. The highest BCUT2D eigenvalue weighted by atomic mass is 16.5. The second kappa shape index (κ2) is 9.89. The van der Waals surface area contributed by atoms with Crippen LogP contribution in [0.4, 0.5) is 11.4 Å². The molecule has 2 aliphatic rings. The molecular formula is C29H27N3O5. The molecule has 188 valence electrons. The number of hydrogen-bond donors (Lipinski definition) is 1. The number of likely N-dealkylation sites (tertiary alicyclic amines) is 1. The van der Waals surface area contributed by atoms with Crippen molar-refractivity contribution in [2.24, 2.45) is 0 Å². The minimum absolute atomic E-state index is 0.0397. The van der Waals surface area contributed by atoms with Crippen LogP contribution >= 0.6 is 0 Å². The molecule has 0 spiro atoms. The van der Waals surface area contributed by atoms with Crippen molar-refractivity contribution in [2.45, 2.75) is 26.7 Å². The van der Waals surface area contributed by atoms with Crippen LogP contribution in [0.25, 0.3) is 0 Å². The van der Waals surface area contributed by atoms with Crippen molar-refractivity contribution in [1.82, 2.24) is 4.90 Å². The number of imide groups is 1. The molecule has 8 nitrogen and oxygen atoms in total. The van der Waals surface area contributed by atoms with E-state index in [4.69, 9.17) is 4.74 Å². The van der Waals surface area contributed by atoms with Gasteiger partial charge >= 0.3 is 0 Å². The molecule has 0 saturated carbocycles. The molecule has 0 aromatic heterocycles. The van der Waals surface area contributed by atoms with Gasteiger partial charge in [-0.3, -0.25) is 19.2 Å². The van der Waals surface area contributed by atoms with E-state index in [0.29, 0.717) is 34.9 Å². The molecule has 0 radical (unpaired) electrons. The molecule has 0 bridgehead atoms. The lowest BCUT2D eigenvalue weighted by Crippen LogP contribution is -2.29. The summed E-state index contributed by atoms with van der Waals surface area (Å²) in [6, 6.07) is 16.4. The third kappa shape index (κ3) is 4.46. The van der Waals surface area contributed by atoms with Crippen molar-refractivity contribution in [2.75, 3.05) is 29.9 Å². The van der Waals surface area contributed by atoms with Crippen molar-refractivity contribution in [1.29, 1.82) is 0 Å². The Morgan fingerprint density at radius 1 is 0.919 bits per heavy atom. The van der Waals surface area contributed by atoms with Crippen LogP contribution in [0.15, 0.2) is 60.7 Å². The van der Waals surface area contributed by atoms with Gasteiger partial charge in [0.25, 0.3) is 23.6 Å². The number of hydrogen-bond acceptors (Lipinski definition) is 5. The van der Waals surface area contributed by atoms with Gasteiger partial charge in [-0.1, -0.05) is 6.07 Å². The van der Waals surface area contributed by atoms with Crippen molar-refractivity contribution >= 4 is 35.0 Å². The van der Waals surface area contributed by atoms with E-state index in [1.807, 2.05) is 11.8 Å². The molecule has 3 aromatic rings. The summed E-state index contributed by atoms with van der Waals surface area (Å²) >= 11 is 0. The maximum atomic E-state index is 13.2. The van der Waals surface area contributed by atoms with Crippen LogP contribution in [0.2, 0.25) is 0 Å². The van der Waals surface area contributed by atoms with Gasteiger partial charge in [-0.05, 0) is 86.8 Å². The average Bonchev–Trinajstić information content (AvgIpc) is 3.53. The molecule has 5 rings (SSSR count).